The molecular formula is C10H21NOS. The summed E-state index contributed by atoms with van der Waals surface area (Å²) >= 11 is -0.906. The summed E-state index contributed by atoms with van der Waals surface area (Å²) in [4.78, 5) is 0. The Morgan fingerprint density at radius 1 is 1.38 bits per heavy atom. The molecule has 0 radical (unpaired) electrons. The lowest BCUT2D eigenvalue weighted by Gasteiger charge is -2.34. The van der Waals surface area contributed by atoms with Crippen molar-refractivity contribution >= 4 is 11.4 Å². The van der Waals surface area contributed by atoms with Gasteiger partial charge in [-0.1, -0.05) is 6.42 Å². The highest BCUT2D eigenvalue weighted by Crippen LogP contribution is 2.30. The average Bonchev–Trinajstić information content (AvgIpc) is 1.79. The highest BCUT2D eigenvalue weighted by atomic mass is 32.2. The van der Waals surface area contributed by atoms with Crippen molar-refractivity contribution in [2.24, 2.45) is 5.92 Å². The van der Waals surface area contributed by atoms with Crippen LogP contribution >= 0.6 is 0 Å². The maximum absolute atomic E-state index is 11.7. The normalized spacial score (nSPS) is 23.8. The molecule has 0 spiro atoms. The summed E-state index contributed by atoms with van der Waals surface area (Å²) < 4.78 is 14.8. The first-order valence-electron chi connectivity index (χ1n) is 5.09. The molecule has 2 atom stereocenters. The Bertz CT molecular complexity index is 163. The van der Waals surface area contributed by atoms with Gasteiger partial charge < -0.3 is 4.55 Å². The van der Waals surface area contributed by atoms with Crippen LogP contribution in [0.25, 0.3) is 0 Å². The molecule has 78 valence electrons. The van der Waals surface area contributed by atoms with Crippen molar-refractivity contribution in [2.75, 3.05) is 0 Å². The van der Waals surface area contributed by atoms with Crippen molar-refractivity contribution in [1.82, 2.24) is 4.72 Å². The van der Waals surface area contributed by atoms with Crippen LogP contribution < -0.4 is 4.72 Å². The predicted molar refractivity (Wildman–Crippen MR) is 57.8 cm³/mol. The number of hydrogen-bond acceptors (Lipinski definition) is 2. The van der Waals surface area contributed by atoms with Crippen molar-refractivity contribution in [2.45, 2.75) is 57.7 Å². The first-order valence-corrected chi connectivity index (χ1v) is 6.24. The first-order chi connectivity index (χ1) is 5.91. The summed E-state index contributed by atoms with van der Waals surface area (Å²) in [7, 11) is 0. The molecule has 1 unspecified atom stereocenters. The van der Waals surface area contributed by atoms with Gasteiger partial charge in [0.1, 0.15) is 4.75 Å². The largest absolute Gasteiger partial charge is 0.598 e. The van der Waals surface area contributed by atoms with Crippen LogP contribution in [0.5, 0.6) is 0 Å². The van der Waals surface area contributed by atoms with E-state index in [0.717, 1.165) is 5.92 Å². The van der Waals surface area contributed by atoms with E-state index in [0.29, 0.717) is 6.04 Å². The van der Waals surface area contributed by atoms with Crippen LogP contribution in [0.1, 0.15) is 47.0 Å². The molecule has 0 aromatic heterocycles. The van der Waals surface area contributed by atoms with Crippen molar-refractivity contribution in [3.8, 4) is 0 Å². The molecule has 0 aromatic rings. The van der Waals surface area contributed by atoms with E-state index >= 15 is 0 Å². The molecule has 1 aliphatic carbocycles. The molecule has 0 heterocycles. The molecule has 13 heavy (non-hydrogen) atoms. The number of nitrogens with one attached hydrogen (secondary N) is 1. The lowest BCUT2D eigenvalue weighted by atomic mass is 9.81. The van der Waals surface area contributed by atoms with E-state index in [1.54, 1.807) is 0 Å². The molecule has 0 aliphatic heterocycles. The van der Waals surface area contributed by atoms with Gasteiger partial charge in [-0.2, -0.15) is 0 Å². The minimum absolute atomic E-state index is 0.141. The van der Waals surface area contributed by atoms with Crippen LogP contribution in [-0.2, 0) is 11.4 Å². The lowest BCUT2D eigenvalue weighted by molar-refractivity contribution is 0.259. The van der Waals surface area contributed by atoms with E-state index in [9.17, 15) is 4.55 Å². The van der Waals surface area contributed by atoms with Gasteiger partial charge in [0.15, 0.2) is 0 Å². The fourth-order valence-electron chi connectivity index (χ4n) is 1.38. The molecule has 1 saturated carbocycles. The van der Waals surface area contributed by atoms with Crippen LogP contribution in [0, 0.1) is 5.92 Å². The molecular weight excluding hydrogens is 182 g/mol. The molecule has 3 heteroatoms. The lowest BCUT2D eigenvalue weighted by Crippen LogP contribution is -2.47. The van der Waals surface area contributed by atoms with Gasteiger partial charge in [-0.25, -0.2) is 0 Å². The van der Waals surface area contributed by atoms with Gasteiger partial charge in [-0.15, -0.1) is 4.72 Å². The molecule has 0 amide bonds. The van der Waals surface area contributed by atoms with Gasteiger partial charge in [0.25, 0.3) is 0 Å². The minimum atomic E-state index is -0.906. The Labute approximate surface area is 84.8 Å². The third-order valence-electron chi connectivity index (χ3n) is 2.71. The van der Waals surface area contributed by atoms with Crippen LogP contribution in [0.15, 0.2) is 0 Å². The fourth-order valence-corrected chi connectivity index (χ4v) is 2.27. The summed E-state index contributed by atoms with van der Waals surface area (Å²) in [6, 6.07) is 0.411. The third-order valence-corrected chi connectivity index (χ3v) is 4.40. The number of hydrogen-bond donors (Lipinski definition) is 1. The van der Waals surface area contributed by atoms with Crippen molar-refractivity contribution in [1.29, 1.82) is 0 Å². The summed E-state index contributed by atoms with van der Waals surface area (Å²) in [5.74, 6) is 0.756. The van der Waals surface area contributed by atoms with Gasteiger partial charge in [0.2, 0.25) is 0 Å². The highest BCUT2D eigenvalue weighted by Gasteiger charge is 2.32. The van der Waals surface area contributed by atoms with Crippen molar-refractivity contribution < 1.29 is 4.55 Å². The molecule has 1 aliphatic rings. The Morgan fingerprint density at radius 3 is 2.23 bits per heavy atom. The topological polar surface area (TPSA) is 35.1 Å². The van der Waals surface area contributed by atoms with Gasteiger partial charge in [-0.3, -0.25) is 0 Å². The van der Waals surface area contributed by atoms with E-state index in [4.69, 9.17) is 0 Å². The second-order valence-corrected chi connectivity index (χ2v) is 6.98. The zero-order chi connectivity index (χ0) is 10.1. The van der Waals surface area contributed by atoms with Gasteiger partial charge in [-0.05, 0) is 46.5 Å². The van der Waals surface area contributed by atoms with Crippen LogP contribution in [0.3, 0.4) is 0 Å². The van der Waals surface area contributed by atoms with Crippen LogP contribution in [0.2, 0.25) is 0 Å². The summed E-state index contributed by atoms with van der Waals surface area (Å²) in [6.45, 7) is 8.16. The van der Waals surface area contributed by atoms with E-state index < -0.39 is 11.4 Å². The molecule has 1 rings (SSSR count). The maximum atomic E-state index is 11.7. The molecule has 0 aromatic carbocycles. The maximum Gasteiger partial charge on any atom is 0.136 e. The molecule has 1 fully saturated rings. The van der Waals surface area contributed by atoms with Crippen LogP contribution in [0.4, 0.5) is 0 Å². The Morgan fingerprint density at radius 2 is 1.92 bits per heavy atom. The second kappa shape index (κ2) is 4.20. The molecule has 2 nitrogen and oxygen atoms in total. The summed E-state index contributed by atoms with van der Waals surface area (Å²) in [6.07, 6.45) is 3.95. The zero-order valence-corrected chi connectivity index (χ0v) is 9.91. The van der Waals surface area contributed by atoms with Crippen LogP contribution in [-0.4, -0.2) is 15.3 Å². The standard InChI is InChI=1S/C10H21NOS/c1-8(9-6-5-7-9)11-13(12)10(2,3)4/h8-9,11H,5-7H2,1-4H3/t8?,13-/m0/s1. The Kier molecular flexibility index (Phi) is 3.66. The fraction of sp³-hybridized carbons (Fsp3) is 1.00. The first kappa shape index (κ1) is 11.3. The monoisotopic (exact) mass is 203 g/mol. The van der Waals surface area contributed by atoms with Gasteiger partial charge >= 0.3 is 0 Å². The highest BCUT2D eigenvalue weighted by molar-refractivity contribution is 7.90. The molecule has 0 bridgehead atoms. The third kappa shape index (κ3) is 3.15. The van der Waals surface area contributed by atoms with E-state index in [1.165, 1.54) is 19.3 Å². The summed E-state index contributed by atoms with van der Waals surface area (Å²) in [5.41, 5.74) is 0. The van der Waals surface area contributed by atoms with E-state index in [1.807, 2.05) is 20.8 Å². The second-order valence-electron chi connectivity index (χ2n) is 4.98. The Hall–Kier alpha value is 0.270. The van der Waals surface area contributed by atoms with Crippen molar-refractivity contribution in [3.63, 3.8) is 0 Å². The van der Waals surface area contributed by atoms with Gasteiger partial charge in [0, 0.05) is 11.4 Å². The average molecular weight is 203 g/mol. The SMILES string of the molecule is CC(N[S@@+]([O-])C(C)(C)C)C1CCC1. The van der Waals surface area contributed by atoms with E-state index in [2.05, 4.69) is 11.6 Å². The smallest absolute Gasteiger partial charge is 0.136 e. The Balaban J connectivity index is 2.30. The summed E-state index contributed by atoms with van der Waals surface area (Å²) in [5, 5.41) is 0. The number of rotatable bonds is 3. The van der Waals surface area contributed by atoms with Gasteiger partial charge in [0.05, 0.1) is 6.04 Å². The van der Waals surface area contributed by atoms with E-state index in [-0.39, 0.29) is 4.75 Å². The minimum Gasteiger partial charge on any atom is -0.598 e. The quantitative estimate of drug-likeness (QED) is 0.714. The molecule has 1 N–H and O–H groups in total. The zero-order valence-electron chi connectivity index (χ0n) is 9.09. The van der Waals surface area contributed by atoms with Crippen molar-refractivity contribution in [3.05, 3.63) is 0 Å². The molecule has 0 saturated heterocycles. The predicted octanol–water partition coefficient (Wildman–Crippen LogP) is 2.23.